The predicted octanol–water partition coefficient (Wildman–Crippen LogP) is 4.78. The van der Waals surface area contributed by atoms with E-state index in [2.05, 4.69) is 39.6 Å². The van der Waals surface area contributed by atoms with Crippen molar-refractivity contribution in [3.63, 3.8) is 0 Å². The van der Waals surface area contributed by atoms with Crippen LogP contribution in [0.15, 0.2) is 59.2 Å². The Balaban J connectivity index is 1.67. The van der Waals surface area contributed by atoms with Crippen LogP contribution >= 0.6 is 15.9 Å². The van der Waals surface area contributed by atoms with Crippen LogP contribution in [0.1, 0.15) is 24.0 Å². The van der Waals surface area contributed by atoms with Crippen LogP contribution in [0, 0.1) is 0 Å². The standard InChI is InChI=1S/C18H16BrNO2/c19-17-12-18(22-20-17)10-4-5-13-11-15(8-9-16(13)18)21-14-6-2-1-3-7-14/h1-3,6-9,11-12,20H,4-5,10H2. The lowest BCUT2D eigenvalue weighted by Gasteiger charge is -2.32. The normalized spacial score (nSPS) is 22.9. The highest BCUT2D eigenvalue weighted by Gasteiger charge is 2.40. The summed E-state index contributed by atoms with van der Waals surface area (Å²) in [6.45, 7) is 0. The fourth-order valence-corrected chi connectivity index (χ4v) is 3.66. The fourth-order valence-electron chi connectivity index (χ4n) is 3.21. The molecule has 0 saturated carbocycles. The van der Waals surface area contributed by atoms with E-state index >= 15 is 0 Å². The molecule has 3 nitrogen and oxygen atoms in total. The van der Waals surface area contributed by atoms with E-state index < -0.39 is 0 Å². The van der Waals surface area contributed by atoms with Crippen molar-refractivity contribution in [1.29, 1.82) is 0 Å². The van der Waals surface area contributed by atoms with Crippen LogP contribution in [0.2, 0.25) is 0 Å². The number of ether oxygens (including phenoxy) is 1. The molecule has 4 heteroatoms. The maximum atomic E-state index is 5.94. The van der Waals surface area contributed by atoms with Crippen molar-refractivity contribution in [2.24, 2.45) is 0 Å². The second-order valence-electron chi connectivity index (χ2n) is 5.67. The Morgan fingerprint density at radius 2 is 1.95 bits per heavy atom. The monoisotopic (exact) mass is 357 g/mol. The smallest absolute Gasteiger partial charge is 0.142 e. The highest BCUT2D eigenvalue weighted by molar-refractivity contribution is 9.11. The maximum absolute atomic E-state index is 5.94. The molecular formula is C18H16BrNO2. The van der Waals surface area contributed by atoms with Crippen molar-refractivity contribution in [2.75, 3.05) is 0 Å². The maximum Gasteiger partial charge on any atom is 0.142 e. The van der Waals surface area contributed by atoms with Crippen LogP contribution in [-0.2, 0) is 16.9 Å². The number of nitrogens with one attached hydrogen (secondary N) is 1. The average Bonchev–Trinajstić information content (AvgIpc) is 2.90. The predicted molar refractivity (Wildman–Crippen MR) is 88.8 cm³/mol. The van der Waals surface area contributed by atoms with Gasteiger partial charge in [-0.1, -0.05) is 24.3 Å². The van der Waals surface area contributed by atoms with Gasteiger partial charge in [-0.25, -0.2) is 0 Å². The molecule has 1 aliphatic carbocycles. The summed E-state index contributed by atoms with van der Waals surface area (Å²) in [5.74, 6) is 1.73. The molecule has 4 rings (SSSR count). The molecule has 0 radical (unpaired) electrons. The van der Waals surface area contributed by atoms with Gasteiger partial charge in [0.1, 0.15) is 21.7 Å². The number of para-hydroxylation sites is 1. The molecule has 0 amide bonds. The van der Waals surface area contributed by atoms with Gasteiger partial charge in [0, 0.05) is 0 Å². The van der Waals surface area contributed by atoms with E-state index in [1.165, 1.54) is 11.1 Å². The van der Waals surface area contributed by atoms with Gasteiger partial charge in [-0.15, -0.1) is 0 Å². The summed E-state index contributed by atoms with van der Waals surface area (Å²) in [5.41, 5.74) is 5.09. The van der Waals surface area contributed by atoms with E-state index in [4.69, 9.17) is 9.57 Å². The summed E-state index contributed by atoms with van der Waals surface area (Å²) in [6, 6.07) is 16.1. The van der Waals surface area contributed by atoms with Gasteiger partial charge in [-0.2, -0.15) is 0 Å². The van der Waals surface area contributed by atoms with Crippen molar-refractivity contribution in [2.45, 2.75) is 24.9 Å². The third-order valence-corrected chi connectivity index (χ3v) is 4.59. The molecule has 112 valence electrons. The van der Waals surface area contributed by atoms with Crippen molar-refractivity contribution >= 4 is 15.9 Å². The number of halogens is 1. The Morgan fingerprint density at radius 1 is 1.09 bits per heavy atom. The Hall–Kier alpha value is -1.78. The number of aryl methyl sites for hydroxylation is 1. The number of hydrogen-bond donors (Lipinski definition) is 1. The highest BCUT2D eigenvalue weighted by atomic mass is 79.9. The van der Waals surface area contributed by atoms with Crippen LogP contribution in [0.4, 0.5) is 0 Å². The fraction of sp³-hybridized carbons (Fsp3) is 0.222. The third kappa shape index (κ3) is 2.42. The Morgan fingerprint density at radius 3 is 2.73 bits per heavy atom. The molecule has 2 aromatic rings. The third-order valence-electron chi connectivity index (χ3n) is 4.20. The molecule has 1 heterocycles. The van der Waals surface area contributed by atoms with Crippen LogP contribution in [0.5, 0.6) is 11.5 Å². The van der Waals surface area contributed by atoms with Gasteiger partial charge in [-0.05, 0) is 76.7 Å². The number of benzene rings is 2. The minimum absolute atomic E-state index is 0.350. The lowest BCUT2D eigenvalue weighted by atomic mass is 9.79. The molecule has 22 heavy (non-hydrogen) atoms. The zero-order chi connectivity index (χ0) is 15.0. The summed E-state index contributed by atoms with van der Waals surface area (Å²) < 4.78 is 6.83. The second kappa shape index (κ2) is 5.45. The lowest BCUT2D eigenvalue weighted by Crippen LogP contribution is -2.31. The molecule has 1 atom stereocenters. The number of rotatable bonds is 2. The lowest BCUT2D eigenvalue weighted by molar-refractivity contribution is -0.0522. The molecule has 1 spiro atoms. The topological polar surface area (TPSA) is 30.5 Å². The summed E-state index contributed by atoms with van der Waals surface area (Å²) in [6.07, 6.45) is 5.25. The van der Waals surface area contributed by atoms with Crippen molar-refractivity contribution in [3.05, 3.63) is 70.3 Å². The van der Waals surface area contributed by atoms with Gasteiger partial charge in [-0.3, -0.25) is 10.3 Å². The molecular weight excluding hydrogens is 342 g/mol. The quantitative estimate of drug-likeness (QED) is 0.784. The van der Waals surface area contributed by atoms with Crippen molar-refractivity contribution < 1.29 is 9.57 Å². The number of fused-ring (bicyclic) bond motifs is 2. The molecule has 0 aromatic heterocycles. The molecule has 1 unspecified atom stereocenters. The number of hydroxylamine groups is 1. The first kappa shape index (κ1) is 13.9. The first-order chi connectivity index (χ1) is 10.8. The molecule has 1 aliphatic heterocycles. The second-order valence-corrected chi connectivity index (χ2v) is 6.53. The van der Waals surface area contributed by atoms with Crippen LogP contribution < -0.4 is 10.2 Å². The van der Waals surface area contributed by atoms with Gasteiger partial charge >= 0.3 is 0 Å². The molecule has 0 saturated heterocycles. The minimum Gasteiger partial charge on any atom is -0.457 e. The summed E-state index contributed by atoms with van der Waals surface area (Å²) in [7, 11) is 0. The largest absolute Gasteiger partial charge is 0.457 e. The van der Waals surface area contributed by atoms with E-state index in [1.807, 2.05) is 36.4 Å². The van der Waals surface area contributed by atoms with E-state index in [-0.39, 0.29) is 5.60 Å². The Kier molecular flexibility index (Phi) is 3.43. The Bertz CT molecular complexity index is 729. The van der Waals surface area contributed by atoms with Gasteiger partial charge < -0.3 is 4.74 Å². The van der Waals surface area contributed by atoms with Gasteiger partial charge in [0.25, 0.3) is 0 Å². The molecule has 1 N–H and O–H groups in total. The van der Waals surface area contributed by atoms with Gasteiger partial charge in [0.05, 0.1) is 0 Å². The van der Waals surface area contributed by atoms with Crippen LogP contribution in [-0.4, -0.2) is 0 Å². The van der Waals surface area contributed by atoms with Gasteiger partial charge in [0.15, 0.2) is 0 Å². The van der Waals surface area contributed by atoms with Crippen LogP contribution in [0.3, 0.4) is 0 Å². The van der Waals surface area contributed by atoms with E-state index in [1.54, 1.807) is 0 Å². The SMILES string of the molecule is BrC1=CC2(CCCc3cc(Oc4ccccc4)ccc32)ON1. The van der Waals surface area contributed by atoms with E-state index in [0.717, 1.165) is 35.4 Å². The average molecular weight is 358 g/mol. The summed E-state index contributed by atoms with van der Waals surface area (Å²) in [4.78, 5) is 5.85. The molecule has 2 aliphatic rings. The molecule has 2 aromatic carbocycles. The summed E-state index contributed by atoms with van der Waals surface area (Å²) >= 11 is 3.46. The molecule has 0 bridgehead atoms. The number of hydrogen-bond acceptors (Lipinski definition) is 3. The van der Waals surface area contributed by atoms with Gasteiger partial charge in [0.2, 0.25) is 0 Å². The zero-order valence-corrected chi connectivity index (χ0v) is 13.6. The van der Waals surface area contributed by atoms with Crippen LogP contribution in [0.25, 0.3) is 0 Å². The highest BCUT2D eigenvalue weighted by Crippen LogP contribution is 2.44. The first-order valence-electron chi connectivity index (χ1n) is 7.44. The Labute approximate surface area is 138 Å². The molecule has 0 fully saturated rings. The van der Waals surface area contributed by atoms with E-state index in [0.29, 0.717) is 0 Å². The first-order valence-corrected chi connectivity index (χ1v) is 8.23. The zero-order valence-electron chi connectivity index (χ0n) is 12.0. The van der Waals surface area contributed by atoms with Crippen molar-refractivity contribution in [1.82, 2.24) is 5.48 Å². The van der Waals surface area contributed by atoms with E-state index in [9.17, 15) is 0 Å². The van der Waals surface area contributed by atoms with Crippen molar-refractivity contribution in [3.8, 4) is 11.5 Å². The summed E-state index contributed by atoms with van der Waals surface area (Å²) in [5, 5.41) is 0. The minimum atomic E-state index is -0.350.